The van der Waals surface area contributed by atoms with Gasteiger partial charge in [0.15, 0.2) is 0 Å². The van der Waals surface area contributed by atoms with E-state index >= 15 is 0 Å². The zero-order chi connectivity index (χ0) is 14.3. The van der Waals surface area contributed by atoms with Gasteiger partial charge >= 0.3 is 0 Å². The quantitative estimate of drug-likeness (QED) is 0.829. The van der Waals surface area contributed by atoms with Crippen molar-refractivity contribution >= 4 is 0 Å². The Hall–Kier alpha value is -2.87. The number of allylic oxidation sites excluding steroid dienone is 1. The second kappa shape index (κ2) is 4.35. The lowest BCUT2D eigenvalue weighted by Gasteiger charge is -2.26. The molecule has 0 bridgehead atoms. The lowest BCUT2D eigenvalue weighted by atomic mass is 9.84. The molecule has 0 aliphatic carbocycles. The first-order valence-corrected chi connectivity index (χ1v) is 6.06. The van der Waals surface area contributed by atoms with Crippen molar-refractivity contribution < 1.29 is 14.3 Å². The average Bonchev–Trinajstić information content (AvgIpc) is 2.90. The van der Waals surface area contributed by atoms with Crippen LogP contribution in [-0.2, 0) is 0 Å². The standard InChI is InChI=1S/C15H12N2O3/c1-8-5-9(18)6-12-13(8)14(11-3-2-4-19-11)10(7-16)15(17)20-12/h2-6,14,18H,17H2,1H3. The highest BCUT2D eigenvalue weighted by Gasteiger charge is 2.34. The van der Waals surface area contributed by atoms with Crippen LogP contribution in [0.4, 0.5) is 0 Å². The summed E-state index contributed by atoms with van der Waals surface area (Å²) in [6, 6.07) is 8.73. The molecule has 0 saturated heterocycles. The molecule has 0 fully saturated rings. The molecule has 3 rings (SSSR count). The van der Waals surface area contributed by atoms with Crippen molar-refractivity contribution in [2.45, 2.75) is 12.8 Å². The second-order valence-electron chi connectivity index (χ2n) is 4.61. The van der Waals surface area contributed by atoms with E-state index in [1.165, 1.54) is 6.07 Å². The van der Waals surface area contributed by atoms with Crippen LogP contribution < -0.4 is 10.5 Å². The van der Waals surface area contributed by atoms with Crippen LogP contribution in [0.15, 0.2) is 46.4 Å². The Morgan fingerprint density at radius 1 is 1.40 bits per heavy atom. The van der Waals surface area contributed by atoms with Gasteiger partial charge in [-0.05, 0) is 30.7 Å². The van der Waals surface area contributed by atoms with Gasteiger partial charge in [-0.2, -0.15) is 5.26 Å². The zero-order valence-corrected chi connectivity index (χ0v) is 10.8. The molecule has 2 aromatic rings. The predicted octanol–water partition coefficient (Wildman–Crippen LogP) is 2.51. The highest BCUT2D eigenvalue weighted by Crippen LogP contribution is 2.45. The summed E-state index contributed by atoms with van der Waals surface area (Å²) in [6.45, 7) is 1.84. The number of furan rings is 1. The second-order valence-corrected chi connectivity index (χ2v) is 4.61. The molecular formula is C15H12N2O3. The van der Waals surface area contributed by atoms with Crippen molar-refractivity contribution in [3.8, 4) is 17.6 Å². The Morgan fingerprint density at radius 3 is 2.85 bits per heavy atom. The normalized spacial score (nSPS) is 17.3. The molecule has 0 saturated carbocycles. The van der Waals surface area contributed by atoms with E-state index in [1.807, 2.05) is 6.92 Å². The van der Waals surface area contributed by atoms with Crippen LogP contribution in [0.2, 0.25) is 0 Å². The minimum Gasteiger partial charge on any atom is -0.508 e. The van der Waals surface area contributed by atoms with Gasteiger partial charge in [0.25, 0.3) is 0 Å². The fourth-order valence-electron chi connectivity index (χ4n) is 2.52. The Labute approximate surface area is 115 Å². The van der Waals surface area contributed by atoms with Gasteiger partial charge in [-0.3, -0.25) is 0 Å². The Morgan fingerprint density at radius 2 is 2.20 bits per heavy atom. The first-order chi connectivity index (χ1) is 9.61. The molecule has 5 nitrogen and oxygen atoms in total. The Kier molecular flexibility index (Phi) is 2.65. The summed E-state index contributed by atoms with van der Waals surface area (Å²) < 4.78 is 10.9. The topological polar surface area (TPSA) is 92.4 Å². The number of phenols is 1. The first kappa shape index (κ1) is 12.2. The number of nitriles is 1. The molecule has 1 unspecified atom stereocenters. The van der Waals surface area contributed by atoms with Crippen LogP contribution in [0, 0.1) is 18.3 Å². The average molecular weight is 268 g/mol. The van der Waals surface area contributed by atoms with E-state index < -0.39 is 5.92 Å². The number of hydrogen-bond donors (Lipinski definition) is 2. The van der Waals surface area contributed by atoms with E-state index in [0.29, 0.717) is 17.1 Å². The summed E-state index contributed by atoms with van der Waals surface area (Å²) in [6.07, 6.45) is 1.55. The number of rotatable bonds is 1. The molecule has 2 heterocycles. The molecule has 1 aromatic heterocycles. The fourth-order valence-corrected chi connectivity index (χ4v) is 2.52. The summed E-state index contributed by atoms with van der Waals surface area (Å²) in [5, 5.41) is 19.0. The Balaban J connectivity index is 2.29. The minimum absolute atomic E-state index is 0.0337. The number of fused-ring (bicyclic) bond motifs is 1. The predicted molar refractivity (Wildman–Crippen MR) is 70.8 cm³/mol. The van der Waals surface area contributed by atoms with E-state index in [0.717, 1.165) is 11.1 Å². The summed E-state index contributed by atoms with van der Waals surface area (Å²) in [7, 11) is 0. The molecule has 0 amide bonds. The van der Waals surface area contributed by atoms with Gasteiger partial charge in [0.1, 0.15) is 28.9 Å². The molecule has 5 heteroatoms. The van der Waals surface area contributed by atoms with Crippen molar-refractivity contribution in [1.82, 2.24) is 0 Å². The van der Waals surface area contributed by atoms with Gasteiger partial charge in [-0.25, -0.2) is 0 Å². The van der Waals surface area contributed by atoms with Gasteiger partial charge in [0.05, 0.1) is 12.2 Å². The number of nitrogens with two attached hydrogens (primary N) is 1. The van der Waals surface area contributed by atoms with Crippen LogP contribution >= 0.6 is 0 Å². The molecule has 0 radical (unpaired) electrons. The number of nitrogens with zero attached hydrogens (tertiary/aromatic N) is 1. The van der Waals surface area contributed by atoms with E-state index in [4.69, 9.17) is 14.9 Å². The Bertz CT molecular complexity index is 739. The van der Waals surface area contributed by atoms with Crippen molar-refractivity contribution in [2.75, 3.05) is 0 Å². The van der Waals surface area contributed by atoms with E-state index in [9.17, 15) is 10.4 Å². The number of hydrogen-bond acceptors (Lipinski definition) is 5. The summed E-state index contributed by atoms with van der Waals surface area (Å²) >= 11 is 0. The third kappa shape index (κ3) is 1.70. The molecule has 100 valence electrons. The van der Waals surface area contributed by atoms with Gasteiger partial charge < -0.3 is 20.0 Å². The summed E-state index contributed by atoms with van der Waals surface area (Å²) in [5.41, 5.74) is 7.71. The smallest absolute Gasteiger partial charge is 0.205 e. The van der Waals surface area contributed by atoms with E-state index in [-0.39, 0.29) is 11.6 Å². The highest BCUT2D eigenvalue weighted by atomic mass is 16.5. The van der Waals surface area contributed by atoms with Gasteiger partial charge in [0, 0.05) is 11.6 Å². The van der Waals surface area contributed by atoms with Gasteiger partial charge in [-0.1, -0.05) is 0 Å². The molecule has 20 heavy (non-hydrogen) atoms. The van der Waals surface area contributed by atoms with Gasteiger partial charge in [-0.15, -0.1) is 0 Å². The minimum atomic E-state index is -0.417. The van der Waals surface area contributed by atoms with E-state index in [1.54, 1.807) is 24.5 Å². The van der Waals surface area contributed by atoms with Crippen molar-refractivity contribution in [1.29, 1.82) is 5.26 Å². The van der Waals surface area contributed by atoms with Crippen LogP contribution in [0.1, 0.15) is 22.8 Å². The van der Waals surface area contributed by atoms with Crippen molar-refractivity contribution in [3.05, 3.63) is 58.9 Å². The third-order valence-electron chi connectivity index (χ3n) is 3.34. The molecule has 1 aliphatic rings. The summed E-state index contributed by atoms with van der Waals surface area (Å²) in [5.74, 6) is 0.765. The zero-order valence-electron chi connectivity index (χ0n) is 10.8. The summed E-state index contributed by atoms with van der Waals surface area (Å²) in [4.78, 5) is 0. The lowest BCUT2D eigenvalue weighted by molar-refractivity contribution is 0.378. The van der Waals surface area contributed by atoms with E-state index in [2.05, 4.69) is 6.07 Å². The molecule has 3 N–H and O–H groups in total. The van der Waals surface area contributed by atoms with Crippen LogP contribution in [-0.4, -0.2) is 5.11 Å². The number of phenolic OH excluding ortho intramolecular Hbond substituents is 1. The first-order valence-electron chi connectivity index (χ1n) is 6.06. The maximum absolute atomic E-state index is 9.67. The third-order valence-corrected chi connectivity index (χ3v) is 3.34. The van der Waals surface area contributed by atoms with Crippen LogP contribution in [0.5, 0.6) is 11.5 Å². The van der Waals surface area contributed by atoms with Crippen LogP contribution in [0.3, 0.4) is 0 Å². The fraction of sp³-hybridized carbons (Fsp3) is 0.133. The number of ether oxygens (including phenoxy) is 1. The molecule has 1 aliphatic heterocycles. The number of aryl methyl sites for hydroxylation is 1. The van der Waals surface area contributed by atoms with Crippen LogP contribution in [0.25, 0.3) is 0 Å². The largest absolute Gasteiger partial charge is 0.508 e. The van der Waals surface area contributed by atoms with Crippen molar-refractivity contribution in [3.63, 3.8) is 0 Å². The monoisotopic (exact) mass is 268 g/mol. The lowest BCUT2D eigenvalue weighted by Crippen LogP contribution is -2.21. The maximum atomic E-state index is 9.67. The molecule has 0 spiro atoms. The van der Waals surface area contributed by atoms with Crippen molar-refractivity contribution in [2.24, 2.45) is 5.73 Å². The number of aromatic hydroxyl groups is 1. The number of benzene rings is 1. The molecular weight excluding hydrogens is 256 g/mol. The molecule has 1 aromatic carbocycles. The molecule has 1 atom stereocenters. The SMILES string of the molecule is Cc1cc(O)cc2c1C(c1ccco1)C(C#N)=C(N)O2. The van der Waals surface area contributed by atoms with Gasteiger partial charge in [0.2, 0.25) is 5.88 Å². The highest BCUT2D eigenvalue weighted by molar-refractivity contribution is 5.58. The maximum Gasteiger partial charge on any atom is 0.205 e.